The van der Waals surface area contributed by atoms with Gasteiger partial charge in [0.15, 0.2) is 6.29 Å². The maximum absolute atomic E-state index is 14.0. The normalized spacial score (nSPS) is 22.8. The number of nitro groups is 1. The van der Waals surface area contributed by atoms with Crippen molar-refractivity contribution in [3.63, 3.8) is 0 Å². The zero-order chi connectivity index (χ0) is 25.6. The van der Waals surface area contributed by atoms with E-state index in [0.29, 0.717) is 19.6 Å². The number of amides is 1. The maximum atomic E-state index is 14.0. The number of nitrogens with zero attached hydrogens (tertiary/aromatic N) is 2. The Balaban J connectivity index is 2.22. The smallest absolute Gasteiger partial charge is 0.408 e. The fourth-order valence-electron chi connectivity index (χ4n) is 3.80. The first-order valence-corrected chi connectivity index (χ1v) is 11.3. The number of hydrogen-bond donors (Lipinski definition) is 2. The Labute approximate surface area is 198 Å². The fraction of sp³-hybridized carbons (Fsp3) is 0.696. The molecule has 0 bridgehead atoms. The van der Waals surface area contributed by atoms with Crippen LogP contribution in [-0.4, -0.2) is 76.5 Å². The molecule has 2 N–H and O–H groups in total. The lowest BCUT2D eigenvalue weighted by Crippen LogP contribution is -2.64. The van der Waals surface area contributed by atoms with Gasteiger partial charge in [-0.15, -0.1) is 0 Å². The van der Waals surface area contributed by atoms with Gasteiger partial charge in [-0.3, -0.25) is 15.0 Å². The molecule has 1 aliphatic heterocycles. The van der Waals surface area contributed by atoms with Gasteiger partial charge >= 0.3 is 6.09 Å². The van der Waals surface area contributed by atoms with Crippen molar-refractivity contribution in [2.45, 2.75) is 78.0 Å². The maximum Gasteiger partial charge on any atom is 0.408 e. The van der Waals surface area contributed by atoms with Crippen molar-refractivity contribution in [3.05, 3.63) is 39.7 Å². The molecule has 1 aromatic rings. The van der Waals surface area contributed by atoms with E-state index in [1.165, 1.54) is 12.1 Å². The zero-order valence-electron chi connectivity index (χ0n) is 20.3. The molecule has 10 nitrogen and oxygen atoms in total. The summed E-state index contributed by atoms with van der Waals surface area (Å²) in [5.74, 6) is -0.394. The molecule has 34 heavy (non-hydrogen) atoms. The summed E-state index contributed by atoms with van der Waals surface area (Å²) in [5.41, 5.74) is 0.0689. The van der Waals surface area contributed by atoms with Crippen molar-refractivity contribution >= 4 is 6.09 Å². The average molecular weight is 487 g/mol. The molecular weight excluding hydrogens is 451 g/mol. The van der Waals surface area contributed by atoms with Crippen LogP contribution in [-0.2, 0) is 15.9 Å². The lowest BCUT2D eigenvalue weighted by atomic mass is 9.94. The van der Waals surface area contributed by atoms with Gasteiger partial charge in [0.1, 0.15) is 17.7 Å². The van der Waals surface area contributed by atoms with Crippen LogP contribution in [0.3, 0.4) is 0 Å². The van der Waals surface area contributed by atoms with Crippen molar-refractivity contribution in [2.75, 3.05) is 19.8 Å². The van der Waals surface area contributed by atoms with Crippen LogP contribution in [0.1, 0.15) is 46.6 Å². The molecule has 11 heteroatoms. The van der Waals surface area contributed by atoms with Crippen molar-refractivity contribution < 1.29 is 38.5 Å². The Bertz CT molecular complexity index is 847. The van der Waals surface area contributed by atoms with Crippen LogP contribution in [0, 0.1) is 21.3 Å². The lowest BCUT2D eigenvalue weighted by Gasteiger charge is -2.45. The number of halogens is 1. The van der Waals surface area contributed by atoms with Crippen molar-refractivity contribution in [2.24, 2.45) is 5.41 Å². The van der Waals surface area contributed by atoms with Crippen LogP contribution < -0.4 is 4.74 Å². The minimum absolute atomic E-state index is 0.186. The SMILES string of the molecule is CCCOc1cc(F)cc(CC(C(O)[C@H]2CO[C@@H](OCC(C)(C)C)[C@H](C)N2C(=O)O)[N+](=O)[O-])c1. The second-order valence-corrected chi connectivity index (χ2v) is 9.76. The third-order valence-corrected chi connectivity index (χ3v) is 5.43. The highest BCUT2D eigenvalue weighted by Gasteiger charge is 2.47. The van der Waals surface area contributed by atoms with E-state index in [2.05, 4.69) is 0 Å². The minimum Gasteiger partial charge on any atom is -0.493 e. The molecule has 1 aromatic carbocycles. The Kier molecular flexibility index (Phi) is 9.60. The standard InChI is InChI=1S/C23H35FN2O8/c1-6-7-32-17-9-15(8-16(24)11-17)10-18(26(30)31)20(27)19-12-33-21(34-13-23(3,4)5)14(2)25(19)22(28)29/h8-9,11,14,18-21,27H,6-7,10,12-13H2,1-5H3,(H,28,29)/t14-,18?,19+,20?,21-/m0/s1. The molecule has 1 amide bonds. The van der Waals surface area contributed by atoms with Crippen molar-refractivity contribution in [1.82, 2.24) is 4.90 Å². The minimum atomic E-state index is -1.71. The molecule has 1 aliphatic rings. The lowest BCUT2D eigenvalue weighted by molar-refractivity contribution is -0.536. The third kappa shape index (κ3) is 7.51. The highest BCUT2D eigenvalue weighted by molar-refractivity contribution is 5.66. The van der Waals surface area contributed by atoms with E-state index in [0.717, 1.165) is 11.0 Å². The molecule has 0 radical (unpaired) electrons. The molecule has 192 valence electrons. The van der Waals surface area contributed by atoms with E-state index < -0.39 is 47.4 Å². The molecule has 1 heterocycles. The second kappa shape index (κ2) is 11.8. The predicted molar refractivity (Wildman–Crippen MR) is 121 cm³/mol. The molecule has 2 rings (SSSR count). The van der Waals surface area contributed by atoms with E-state index in [4.69, 9.17) is 14.2 Å². The number of carbonyl (C=O) groups is 1. The summed E-state index contributed by atoms with van der Waals surface area (Å²) < 4.78 is 30.9. The average Bonchev–Trinajstić information content (AvgIpc) is 2.73. The van der Waals surface area contributed by atoms with Crippen molar-refractivity contribution in [1.29, 1.82) is 0 Å². The summed E-state index contributed by atoms with van der Waals surface area (Å²) in [6, 6.07) is 0.166. The Morgan fingerprint density at radius 3 is 2.62 bits per heavy atom. The van der Waals surface area contributed by atoms with Gasteiger partial charge in [0, 0.05) is 17.4 Å². The molecule has 0 saturated carbocycles. The van der Waals surface area contributed by atoms with Gasteiger partial charge < -0.3 is 24.4 Å². The number of morpholine rings is 1. The summed E-state index contributed by atoms with van der Waals surface area (Å²) in [4.78, 5) is 24.1. The van der Waals surface area contributed by atoms with E-state index in [1.807, 2.05) is 27.7 Å². The van der Waals surface area contributed by atoms with Crippen LogP contribution in [0.5, 0.6) is 5.75 Å². The monoisotopic (exact) mass is 486 g/mol. The molecule has 0 spiro atoms. The van der Waals surface area contributed by atoms with Gasteiger partial charge in [-0.05, 0) is 36.5 Å². The molecule has 1 saturated heterocycles. The van der Waals surface area contributed by atoms with Gasteiger partial charge in [0.05, 0.1) is 31.9 Å². The highest BCUT2D eigenvalue weighted by Crippen LogP contribution is 2.27. The Hall–Kier alpha value is -2.50. The molecule has 1 fully saturated rings. The number of hydrogen-bond acceptors (Lipinski definition) is 7. The van der Waals surface area contributed by atoms with E-state index in [1.54, 1.807) is 6.92 Å². The quantitative estimate of drug-likeness (QED) is 0.380. The third-order valence-electron chi connectivity index (χ3n) is 5.43. The van der Waals surface area contributed by atoms with Gasteiger partial charge in [-0.1, -0.05) is 27.7 Å². The number of carboxylic acid groups (broad SMARTS) is 1. The summed E-state index contributed by atoms with van der Waals surface area (Å²) >= 11 is 0. The van der Waals surface area contributed by atoms with E-state index in [-0.39, 0.29) is 29.8 Å². The zero-order valence-corrected chi connectivity index (χ0v) is 20.3. The van der Waals surface area contributed by atoms with Crippen LogP contribution in [0.2, 0.25) is 0 Å². The first-order chi connectivity index (χ1) is 15.8. The van der Waals surface area contributed by atoms with Gasteiger partial charge in [-0.25, -0.2) is 9.18 Å². The second-order valence-electron chi connectivity index (χ2n) is 9.76. The van der Waals surface area contributed by atoms with Crippen LogP contribution in [0.4, 0.5) is 9.18 Å². The van der Waals surface area contributed by atoms with Crippen molar-refractivity contribution in [3.8, 4) is 5.75 Å². The summed E-state index contributed by atoms with van der Waals surface area (Å²) in [6.07, 6.45) is -3.56. The van der Waals surface area contributed by atoms with Crippen LogP contribution in [0.25, 0.3) is 0 Å². The number of rotatable bonds is 10. The van der Waals surface area contributed by atoms with Crippen LogP contribution in [0.15, 0.2) is 18.2 Å². The summed E-state index contributed by atoms with van der Waals surface area (Å²) in [7, 11) is 0. The predicted octanol–water partition coefficient (Wildman–Crippen LogP) is 3.32. The molecular formula is C23H35FN2O8. The summed E-state index contributed by atoms with van der Waals surface area (Å²) in [6.45, 7) is 9.68. The molecule has 2 unspecified atom stereocenters. The van der Waals surface area contributed by atoms with Gasteiger partial charge in [0.2, 0.25) is 6.04 Å². The number of aliphatic hydroxyl groups is 1. The van der Waals surface area contributed by atoms with Crippen LogP contribution >= 0.6 is 0 Å². The number of ether oxygens (including phenoxy) is 3. The molecule has 5 atom stereocenters. The van der Waals surface area contributed by atoms with Gasteiger partial charge in [-0.2, -0.15) is 0 Å². The van der Waals surface area contributed by atoms with E-state index >= 15 is 0 Å². The first kappa shape index (κ1) is 27.7. The molecule has 0 aromatic heterocycles. The Morgan fingerprint density at radius 1 is 1.38 bits per heavy atom. The Morgan fingerprint density at radius 2 is 2.06 bits per heavy atom. The number of aliphatic hydroxyl groups excluding tert-OH is 1. The molecule has 0 aliphatic carbocycles. The first-order valence-electron chi connectivity index (χ1n) is 11.3. The van der Waals surface area contributed by atoms with E-state index in [9.17, 15) is 29.5 Å². The van der Waals surface area contributed by atoms with Gasteiger partial charge in [0.25, 0.3) is 0 Å². The number of benzene rings is 1. The highest BCUT2D eigenvalue weighted by atomic mass is 19.1. The fourth-order valence-corrected chi connectivity index (χ4v) is 3.80. The topological polar surface area (TPSA) is 132 Å². The largest absolute Gasteiger partial charge is 0.493 e. The summed E-state index contributed by atoms with van der Waals surface area (Å²) in [5, 5.41) is 32.6.